The number of β-amino-alcohol motifs (C(OH)–C–C–N with tert-alkyl or cyclic N) is 1. The molecule has 0 radical (unpaired) electrons. The molecule has 2 heterocycles. The van der Waals surface area contributed by atoms with Crippen LogP contribution in [-0.2, 0) is 0 Å². The van der Waals surface area contributed by atoms with Gasteiger partial charge in [0.1, 0.15) is 29.6 Å². The van der Waals surface area contributed by atoms with E-state index in [-0.39, 0.29) is 30.3 Å². The number of hydrogen-bond acceptors (Lipinski definition) is 4. The van der Waals surface area contributed by atoms with Crippen LogP contribution >= 0.6 is 0 Å². The molecule has 3 atom stereocenters. The smallest absolute Gasteiger partial charge is 0.127 e. The Morgan fingerprint density at radius 1 is 1.04 bits per heavy atom. The second-order valence-electron chi connectivity index (χ2n) is 7.57. The quantitative estimate of drug-likeness (QED) is 0.752. The van der Waals surface area contributed by atoms with Crippen LogP contribution < -0.4 is 15.4 Å². The molecule has 3 N–H and O–H groups in total. The van der Waals surface area contributed by atoms with Crippen molar-refractivity contribution in [1.29, 1.82) is 0 Å². The van der Waals surface area contributed by atoms with Crippen LogP contribution in [-0.4, -0.2) is 30.4 Å². The van der Waals surface area contributed by atoms with Crippen LogP contribution in [0.25, 0.3) is 0 Å². The molecule has 0 bridgehead atoms. The van der Waals surface area contributed by atoms with Crippen molar-refractivity contribution in [2.24, 2.45) is 0 Å². The predicted octanol–water partition coefficient (Wildman–Crippen LogP) is 3.23. The summed E-state index contributed by atoms with van der Waals surface area (Å²) in [5, 5.41) is 17.4. The maximum atomic E-state index is 14.0. The van der Waals surface area contributed by atoms with Crippen molar-refractivity contribution in [2.75, 3.05) is 19.7 Å². The molecule has 2 aromatic rings. The third-order valence-corrected chi connectivity index (χ3v) is 5.38. The number of hydrogen-bond donors (Lipinski definition) is 3. The fourth-order valence-corrected chi connectivity index (χ4v) is 3.96. The van der Waals surface area contributed by atoms with Crippen molar-refractivity contribution in [3.05, 3.63) is 65.2 Å². The summed E-state index contributed by atoms with van der Waals surface area (Å²) in [6.07, 6.45) is 2.46. The van der Waals surface area contributed by atoms with Crippen LogP contribution in [0.2, 0.25) is 0 Å². The summed E-state index contributed by atoms with van der Waals surface area (Å²) < 4.78 is 33.2. The average Bonchev–Trinajstić information content (AvgIpc) is 3.30. The molecule has 2 saturated heterocycles. The van der Waals surface area contributed by atoms with E-state index in [0.717, 1.165) is 30.5 Å². The summed E-state index contributed by atoms with van der Waals surface area (Å²) in [4.78, 5) is 0. The van der Waals surface area contributed by atoms with Crippen LogP contribution in [0.4, 0.5) is 8.78 Å². The van der Waals surface area contributed by atoms with Gasteiger partial charge in [-0.1, -0.05) is 12.1 Å². The molecule has 0 aliphatic carbocycles. The molecule has 27 heavy (non-hydrogen) atoms. The standard InChI is InChI=1S/C21H24F2N2O2/c22-16-4-1-3-14(7-16)20-11-21(26,12-25-20)13-27-18-9-15(8-17(23)10-18)19-5-2-6-24-19/h1,3-4,7-10,19-20,24-26H,2,5-6,11-13H2. The van der Waals surface area contributed by atoms with E-state index in [2.05, 4.69) is 10.6 Å². The summed E-state index contributed by atoms with van der Waals surface area (Å²) in [6, 6.07) is 11.1. The molecule has 0 spiro atoms. The van der Waals surface area contributed by atoms with E-state index < -0.39 is 5.60 Å². The Bertz CT molecular complexity index is 811. The molecule has 0 amide bonds. The third-order valence-electron chi connectivity index (χ3n) is 5.38. The molecule has 4 nitrogen and oxygen atoms in total. The Morgan fingerprint density at radius 3 is 2.67 bits per heavy atom. The van der Waals surface area contributed by atoms with Gasteiger partial charge in [0.15, 0.2) is 0 Å². The minimum atomic E-state index is -1.09. The Hall–Kier alpha value is -2.02. The minimum absolute atomic E-state index is 0.0484. The van der Waals surface area contributed by atoms with E-state index in [9.17, 15) is 13.9 Å². The first-order valence-electron chi connectivity index (χ1n) is 9.39. The van der Waals surface area contributed by atoms with Gasteiger partial charge < -0.3 is 20.5 Å². The largest absolute Gasteiger partial charge is 0.490 e. The first-order valence-corrected chi connectivity index (χ1v) is 9.39. The first kappa shape index (κ1) is 18.3. The van der Waals surface area contributed by atoms with Crippen molar-refractivity contribution in [1.82, 2.24) is 10.6 Å². The number of aliphatic hydroxyl groups is 1. The van der Waals surface area contributed by atoms with Crippen molar-refractivity contribution < 1.29 is 18.6 Å². The lowest BCUT2D eigenvalue weighted by atomic mass is 9.97. The van der Waals surface area contributed by atoms with Gasteiger partial charge in [0.25, 0.3) is 0 Å². The van der Waals surface area contributed by atoms with E-state index in [1.807, 2.05) is 12.1 Å². The molecule has 144 valence electrons. The molecular weight excluding hydrogens is 350 g/mol. The zero-order chi connectivity index (χ0) is 18.9. The topological polar surface area (TPSA) is 53.5 Å². The maximum absolute atomic E-state index is 14.0. The van der Waals surface area contributed by atoms with Gasteiger partial charge in [0, 0.05) is 31.1 Å². The lowest BCUT2D eigenvalue weighted by molar-refractivity contribution is 0.0106. The zero-order valence-corrected chi connectivity index (χ0v) is 15.1. The Labute approximate surface area is 157 Å². The van der Waals surface area contributed by atoms with Crippen molar-refractivity contribution in [3.8, 4) is 5.75 Å². The summed E-state index contributed by atoms with van der Waals surface area (Å²) >= 11 is 0. The first-order chi connectivity index (χ1) is 13.0. The molecule has 0 aromatic heterocycles. The lowest BCUT2D eigenvalue weighted by Crippen LogP contribution is -2.38. The summed E-state index contributed by atoms with van der Waals surface area (Å²) in [5.41, 5.74) is 0.581. The molecule has 2 aromatic carbocycles. The predicted molar refractivity (Wildman–Crippen MR) is 98.6 cm³/mol. The van der Waals surface area contributed by atoms with E-state index in [4.69, 9.17) is 4.74 Å². The van der Waals surface area contributed by atoms with Crippen molar-refractivity contribution >= 4 is 0 Å². The van der Waals surface area contributed by atoms with Crippen LogP contribution in [0.1, 0.15) is 42.5 Å². The number of ether oxygens (including phenoxy) is 1. The van der Waals surface area contributed by atoms with Crippen LogP contribution in [0.5, 0.6) is 5.75 Å². The van der Waals surface area contributed by atoms with Gasteiger partial charge in [-0.3, -0.25) is 0 Å². The van der Waals surface area contributed by atoms with E-state index in [1.165, 1.54) is 24.3 Å². The van der Waals surface area contributed by atoms with Gasteiger partial charge in [-0.25, -0.2) is 8.78 Å². The highest BCUT2D eigenvalue weighted by Gasteiger charge is 2.38. The number of halogens is 2. The van der Waals surface area contributed by atoms with E-state index in [1.54, 1.807) is 6.07 Å². The van der Waals surface area contributed by atoms with Gasteiger partial charge >= 0.3 is 0 Å². The number of benzene rings is 2. The van der Waals surface area contributed by atoms with Crippen molar-refractivity contribution in [2.45, 2.75) is 36.9 Å². The lowest BCUT2D eigenvalue weighted by Gasteiger charge is -2.23. The summed E-state index contributed by atoms with van der Waals surface area (Å²) in [6.45, 7) is 1.32. The highest BCUT2D eigenvalue weighted by Crippen LogP contribution is 2.32. The van der Waals surface area contributed by atoms with Crippen LogP contribution in [0.15, 0.2) is 42.5 Å². The zero-order valence-electron chi connectivity index (χ0n) is 15.1. The van der Waals surface area contributed by atoms with Gasteiger partial charge in [-0.15, -0.1) is 0 Å². The molecule has 0 saturated carbocycles. The van der Waals surface area contributed by atoms with Crippen molar-refractivity contribution in [3.63, 3.8) is 0 Å². The van der Waals surface area contributed by atoms with E-state index >= 15 is 0 Å². The molecule has 4 rings (SSSR count). The third kappa shape index (κ3) is 4.29. The van der Waals surface area contributed by atoms with Gasteiger partial charge in [-0.2, -0.15) is 0 Å². The Balaban J connectivity index is 1.41. The Kier molecular flexibility index (Phi) is 5.12. The normalized spacial score (nSPS) is 27.8. The van der Waals surface area contributed by atoms with Gasteiger partial charge in [0.05, 0.1) is 0 Å². The second kappa shape index (κ2) is 7.54. The number of rotatable bonds is 5. The minimum Gasteiger partial charge on any atom is -0.490 e. The van der Waals surface area contributed by atoms with Gasteiger partial charge in [-0.05, 0) is 54.8 Å². The highest BCUT2D eigenvalue weighted by atomic mass is 19.1. The van der Waals surface area contributed by atoms with Crippen LogP contribution in [0.3, 0.4) is 0 Å². The highest BCUT2D eigenvalue weighted by molar-refractivity contribution is 5.32. The average molecular weight is 374 g/mol. The second-order valence-corrected chi connectivity index (χ2v) is 7.57. The van der Waals surface area contributed by atoms with Gasteiger partial charge in [0.2, 0.25) is 0 Å². The fourth-order valence-electron chi connectivity index (χ4n) is 3.96. The van der Waals surface area contributed by atoms with E-state index in [0.29, 0.717) is 18.7 Å². The molecule has 2 fully saturated rings. The maximum Gasteiger partial charge on any atom is 0.127 e. The molecular formula is C21H24F2N2O2. The summed E-state index contributed by atoms with van der Waals surface area (Å²) in [5.74, 6) is -0.222. The molecule has 2 aliphatic rings. The summed E-state index contributed by atoms with van der Waals surface area (Å²) in [7, 11) is 0. The fraction of sp³-hybridized carbons (Fsp3) is 0.429. The van der Waals surface area contributed by atoms with Crippen LogP contribution in [0, 0.1) is 11.6 Å². The monoisotopic (exact) mass is 374 g/mol. The molecule has 3 unspecified atom stereocenters. The molecule has 2 aliphatic heterocycles. The Morgan fingerprint density at radius 2 is 1.89 bits per heavy atom. The number of nitrogens with one attached hydrogen (secondary N) is 2. The SMILES string of the molecule is OC1(COc2cc(F)cc(C3CCCN3)c2)CNC(c2cccc(F)c2)C1. The molecule has 6 heteroatoms.